The van der Waals surface area contributed by atoms with Crippen molar-refractivity contribution in [2.75, 3.05) is 11.5 Å². The van der Waals surface area contributed by atoms with Gasteiger partial charge >= 0.3 is 0 Å². The summed E-state index contributed by atoms with van der Waals surface area (Å²) in [5, 5.41) is 20.6. The van der Waals surface area contributed by atoms with Crippen LogP contribution in [0.5, 0.6) is 0 Å². The molecule has 0 aliphatic rings. The molecule has 11 heteroatoms. The molecule has 0 bridgehead atoms. The molecule has 25 heavy (non-hydrogen) atoms. The summed E-state index contributed by atoms with van der Waals surface area (Å²) in [6, 6.07) is 7.63. The van der Waals surface area contributed by atoms with Gasteiger partial charge in [-0.3, -0.25) is 29.8 Å². The third-order valence-electron chi connectivity index (χ3n) is 2.79. The summed E-state index contributed by atoms with van der Waals surface area (Å²) in [5.74, 6) is 0. The average molecular weight is 388 g/mol. The van der Waals surface area contributed by atoms with E-state index in [1.165, 1.54) is 0 Å². The van der Waals surface area contributed by atoms with E-state index in [0.717, 1.165) is 18.2 Å². The van der Waals surface area contributed by atoms with Gasteiger partial charge in [-0.15, -0.1) is 0 Å². The predicted molar refractivity (Wildman–Crippen MR) is 85.8 cm³/mol. The quantitative estimate of drug-likeness (QED) is 0.263. The van der Waals surface area contributed by atoms with Gasteiger partial charge in [-0.1, -0.05) is 0 Å². The fraction of sp³-hybridized carbons (Fsp3) is 0. The molecule has 0 saturated carbocycles. The Labute approximate surface area is 151 Å². The van der Waals surface area contributed by atoms with Gasteiger partial charge in [0.15, 0.2) is 12.6 Å². The van der Waals surface area contributed by atoms with E-state index < -0.39 is 21.2 Å². The maximum atomic E-state index is 10.4. The Bertz CT molecular complexity index is 812. The van der Waals surface area contributed by atoms with Crippen molar-refractivity contribution in [3.63, 3.8) is 0 Å². The Morgan fingerprint density at radius 3 is 1.84 bits per heavy atom. The second kappa shape index (κ2) is 9.75. The first-order valence-corrected chi connectivity index (χ1v) is 6.28. The molecule has 2 aromatic rings. The monoisotopic (exact) mass is 388 g/mol. The molecule has 0 aliphatic carbocycles. The first kappa shape index (κ1) is 21.7. The van der Waals surface area contributed by atoms with Crippen molar-refractivity contribution in [2.24, 2.45) is 0 Å². The fourth-order valence-electron chi connectivity index (χ4n) is 1.60. The molecule has 0 radical (unpaired) electrons. The number of nitrogens with zero attached hydrogens (tertiary/aromatic N) is 2. The van der Waals surface area contributed by atoms with E-state index in [2.05, 4.69) is 0 Å². The van der Waals surface area contributed by atoms with Gasteiger partial charge in [-0.2, -0.15) is 0 Å². The number of hydrogen-bond acceptors (Lipinski definition) is 8. The molecule has 2 aromatic carbocycles. The van der Waals surface area contributed by atoms with Crippen molar-refractivity contribution in [1.29, 1.82) is 0 Å². The third kappa shape index (κ3) is 6.01. The molecule has 0 spiro atoms. The molecule has 0 atom stereocenters. The zero-order chi connectivity index (χ0) is 18.3. The van der Waals surface area contributed by atoms with Crippen LogP contribution in [0.15, 0.2) is 36.4 Å². The predicted octanol–water partition coefficient (Wildman–Crippen LogP) is 1.98. The summed E-state index contributed by atoms with van der Waals surface area (Å²) in [5.41, 5.74) is 11.1. The number of carbonyl (C=O) groups excluding carboxylic acids is 2. The third-order valence-corrected chi connectivity index (χ3v) is 2.79. The number of nitrogen functional groups attached to an aromatic ring is 2. The zero-order valence-electron chi connectivity index (χ0n) is 12.5. The summed E-state index contributed by atoms with van der Waals surface area (Å²) in [4.78, 5) is 39.6. The Morgan fingerprint density at radius 1 is 0.840 bits per heavy atom. The van der Waals surface area contributed by atoms with Crippen LogP contribution in [0.4, 0.5) is 22.7 Å². The molecule has 10 nitrogen and oxygen atoms in total. The van der Waals surface area contributed by atoms with E-state index in [0.29, 0.717) is 23.2 Å². The van der Waals surface area contributed by atoms with E-state index in [-0.39, 0.29) is 28.9 Å². The van der Waals surface area contributed by atoms with Gasteiger partial charge in [0.05, 0.1) is 21.5 Å². The zero-order valence-corrected chi connectivity index (χ0v) is 13.6. The van der Waals surface area contributed by atoms with Crippen LogP contribution in [-0.2, 0) is 17.1 Å². The van der Waals surface area contributed by atoms with Crippen LogP contribution in [0.1, 0.15) is 20.7 Å². The minimum atomic E-state index is -0.837. The maximum Gasteiger partial charge on any atom is 0.286 e. The molecule has 0 fully saturated rings. The second-order valence-electron chi connectivity index (χ2n) is 4.38. The molecular weight excluding hydrogens is 376 g/mol. The second-order valence-corrected chi connectivity index (χ2v) is 4.38. The van der Waals surface area contributed by atoms with Crippen molar-refractivity contribution in [2.45, 2.75) is 0 Å². The molecular formula is C14H12FeN4O6. The van der Waals surface area contributed by atoms with Crippen molar-refractivity contribution in [1.82, 2.24) is 0 Å². The molecule has 4 N–H and O–H groups in total. The molecule has 0 aliphatic heterocycles. The molecule has 0 saturated heterocycles. The molecule has 0 heterocycles. The van der Waals surface area contributed by atoms with E-state index in [1.54, 1.807) is 18.2 Å². The number of nitro groups is 2. The van der Waals surface area contributed by atoms with Crippen molar-refractivity contribution < 1.29 is 36.5 Å². The van der Waals surface area contributed by atoms with Gasteiger partial charge in [-0.05, 0) is 24.3 Å². The number of carbonyl (C=O) groups is 2. The van der Waals surface area contributed by atoms with Crippen molar-refractivity contribution in [3.05, 3.63) is 67.8 Å². The topological polar surface area (TPSA) is 172 Å². The number of benzene rings is 2. The van der Waals surface area contributed by atoms with Gasteiger partial charge in [0, 0.05) is 40.1 Å². The number of nitrogens with two attached hydrogens (primary N) is 2. The van der Waals surface area contributed by atoms with Crippen LogP contribution < -0.4 is 11.5 Å². The average Bonchev–Trinajstić information content (AvgIpc) is 2.54. The summed E-state index contributed by atoms with van der Waals surface area (Å²) in [6.45, 7) is 0. The van der Waals surface area contributed by atoms with Crippen LogP contribution in [0.25, 0.3) is 0 Å². The fourth-order valence-corrected chi connectivity index (χ4v) is 1.60. The standard InChI is InChI=1S/C7H4N2O5.C7H8N2O.Fe/c10-4-5-1-2-6(8(11)12)3-7(5)9(13)14;8-6-2-1-5(4-10)7(9)3-6;/h1-4H;1-4H,8-9H2;. The number of anilines is 2. The SMILES string of the molecule is Nc1ccc(C=O)c(N)c1.O=Cc1ccc([N+](=O)[O-])cc1[N+](=O)[O-].[Fe]. The number of hydrogen-bond donors (Lipinski definition) is 2. The summed E-state index contributed by atoms with van der Waals surface area (Å²) in [6.07, 6.45) is 0.983. The Kier molecular flexibility index (Phi) is 8.47. The smallest absolute Gasteiger partial charge is 0.286 e. The largest absolute Gasteiger partial charge is 0.399 e. The normalized spacial score (nSPS) is 8.96. The molecule has 0 unspecified atom stereocenters. The molecule has 0 aromatic heterocycles. The van der Waals surface area contributed by atoms with Crippen LogP contribution in [-0.4, -0.2) is 22.4 Å². The van der Waals surface area contributed by atoms with E-state index in [4.69, 9.17) is 11.5 Å². The van der Waals surface area contributed by atoms with Crippen LogP contribution in [0, 0.1) is 20.2 Å². The molecule has 0 amide bonds. The summed E-state index contributed by atoms with van der Waals surface area (Å²) < 4.78 is 0. The van der Waals surface area contributed by atoms with E-state index >= 15 is 0 Å². The number of nitro benzene ring substituents is 2. The van der Waals surface area contributed by atoms with Gasteiger partial charge in [0.1, 0.15) is 0 Å². The van der Waals surface area contributed by atoms with Gasteiger partial charge < -0.3 is 11.5 Å². The summed E-state index contributed by atoms with van der Waals surface area (Å²) in [7, 11) is 0. The van der Waals surface area contributed by atoms with E-state index in [1.807, 2.05) is 0 Å². The van der Waals surface area contributed by atoms with Crippen LogP contribution in [0.3, 0.4) is 0 Å². The van der Waals surface area contributed by atoms with Gasteiger partial charge in [0.25, 0.3) is 11.4 Å². The van der Waals surface area contributed by atoms with Crippen molar-refractivity contribution >= 4 is 35.3 Å². The molecule has 2 rings (SSSR count). The van der Waals surface area contributed by atoms with Gasteiger partial charge in [0.2, 0.25) is 0 Å². The first-order chi connectivity index (χ1) is 11.3. The van der Waals surface area contributed by atoms with Crippen molar-refractivity contribution in [3.8, 4) is 0 Å². The number of rotatable bonds is 4. The van der Waals surface area contributed by atoms with Crippen LogP contribution in [0.2, 0.25) is 0 Å². The number of non-ortho nitro benzene ring substituents is 1. The maximum absolute atomic E-state index is 10.4. The van der Waals surface area contributed by atoms with Crippen LogP contribution >= 0.6 is 0 Å². The van der Waals surface area contributed by atoms with Gasteiger partial charge in [-0.25, -0.2) is 0 Å². The van der Waals surface area contributed by atoms with E-state index in [9.17, 15) is 29.8 Å². The molecule has 132 valence electrons. The minimum Gasteiger partial charge on any atom is -0.399 e. The Hall–Kier alpha value is -3.30. The Balaban J connectivity index is 0.000000465. The summed E-state index contributed by atoms with van der Waals surface area (Å²) >= 11 is 0. The Morgan fingerprint density at radius 2 is 1.40 bits per heavy atom. The number of aldehydes is 2. The first-order valence-electron chi connectivity index (χ1n) is 6.28. The minimum absolute atomic E-state index is 0.